The lowest BCUT2D eigenvalue weighted by atomic mass is 9.95. The molecule has 196 valence electrons. The topological polar surface area (TPSA) is 86.8 Å². The largest absolute Gasteiger partial charge is 0.352 e. The molecule has 0 bridgehead atoms. The third kappa shape index (κ3) is 7.82. The standard InChI is InChI=1S/C28H39N3O4S/c1-4-26(28(33)29-24-15-9-6-10-16-24)30(19-18-23-13-7-5-8-14-23)27(32)21-31(36(3,34)35)25-17-11-12-22(2)20-25/h5,7-8,11-14,17,20,24,26H,4,6,9-10,15-16,18-19,21H2,1-3H3,(H,29,33). The molecule has 0 radical (unpaired) electrons. The summed E-state index contributed by atoms with van der Waals surface area (Å²) >= 11 is 0. The predicted octanol–water partition coefficient (Wildman–Crippen LogP) is 4.06. The normalized spacial score (nSPS) is 15.2. The van der Waals surface area contributed by atoms with Crippen LogP contribution in [-0.2, 0) is 26.0 Å². The van der Waals surface area contributed by atoms with Crippen molar-refractivity contribution in [2.24, 2.45) is 0 Å². The number of aryl methyl sites for hydroxylation is 1. The maximum absolute atomic E-state index is 13.7. The van der Waals surface area contributed by atoms with Crippen molar-refractivity contribution < 1.29 is 18.0 Å². The van der Waals surface area contributed by atoms with Crippen LogP contribution >= 0.6 is 0 Å². The smallest absolute Gasteiger partial charge is 0.244 e. The van der Waals surface area contributed by atoms with E-state index in [9.17, 15) is 18.0 Å². The highest BCUT2D eigenvalue weighted by Crippen LogP contribution is 2.21. The van der Waals surface area contributed by atoms with E-state index in [1.165, 1.54) is 6.42 Å². The molecule has 2 amide bonds. The Morgan fingerprint density at radius 2 is 1.72 bits per heavy atom. The van der Waals surface area contributed by atoms with Gasteiger partial charge < -0.3 is 10.2 Å². The summed E-state index contributed by atoms with van der Waals surface area (Å²) < 4.78 is 26.5. The SMILES string of the molecule is CCC(C(=O)NC1CCCCC1)N(CCc1ccccc1)C(=O)CN(c1cccc(C)c1)S(C)(=O)=O. The zero-order valence-corrected chi connectivity index (χ0v) is 22.5. The molecule has 3 rings (SSSR count). The van der Waals surface area contributed by atoms with Crippen molar-refractivity contribution in [1.82, 2.24) is 10.2 Å². The number of hydrogen-bond acceptors (Lipinski definition) is 4. The number of amides is 2. The lowest BCUT2D eigenvalue weighted by molar-refractivity contribution is -0.140. The van der Waals surface area contributed by atoms with E-state index in [1.807, 2.05) is 50.2 Å². The van der Waals surface area contributed by atoms with Gasteiger partial charge in [0.15, 0.2) is 0 Å². The van der Waals surface area contributed by atoms with Crippen LogP contribution < -0.4 is 9.62 Å². The van der Waals surface area contributed by atoms with E-state index >= 15 is 0 Å². The monoisotopic (exact) mass is 513 g/mol. The predicted molar refractivity (Wildman–Crippen MR) is 144 cm³/mol. The highest BCUT2D eigenvalue weighted by molar-refractivity contribution is 7.92. The maximum Gasteiger partial charge on any atom is 0.244 e. The van der Waals surface area contributed by atoms with Crippen molar-refractivity contribution in [3.63, 3.8) is 0 Å². The number of rotatable bonds is 11. The summed E-state index contributed by atoms with van der Waals surface area (Å²) in [5.41, 5.74) is 2.39. The summed E-state index contributed by atoms with van der Waals surface area (Å²) in [6, 6.07) is 16.3. The molecule has 7 nitrogen and oxygen atoms in total. The van der Waals surface area contributed by atoms with Gasteiger partial charge in [-0.05, 0) is 55.9 Å². The minimum Gasteiger partial charge on any atom is -0.352 e. The molecule has 1 fully saturated rings. The van der Waals surface area contributed by atoms with Crippen molar-refractivity contribution in [2.75, 3.05) is 23.7 Å². The first-order valence-electron chi connectivity index (χ1n) is 12.9. The number of nitrogens with zero attached hydrogens (tertiary/aromatic N) is 2. The van der Waals surface area contributed by atoms with Crippen molar-refractivity contribution in [3.8, 4) is 0 Å². The second-order valence-corrected chi connectivity index (χ2v) is 11.6. The van der Waals surface area contributed by atoms with Crippen molar-refractivity contribution >= 4 is 27.5 Å². The molecule has 2 aromatic carbocycles. The second kappa shape index (κ2) is 12.9. The van der Waals surface area contributed by atoms with Crippen LogP contribution in [0.25, 0.3) is 0 Å². The van der Waals surface area contributed by atoms with Gasteiger partial charge in [-0.2, -0.15) is 0 Å². The summed E-state index contributed by atoms with van der Waals surface area (Å²) in [7, 11) is -3.72. The molecule has 36 heavy (non-hydrogen) atoms. The Kier molecular flexibility index (Phi) is 9.93. The fourth-order valence-electron chi connectivity index (χ4n) is 4.84. The van der Waals surface area contributed by atoms with Crippen molar-refractivity contribution in [1.29, 1.82) is 0 Å². The number of hydrogen-bond donors (Lipinski definition) is 1. The van der Waals surface area contributed by atoms with Gasteiger partial charge in [0.25, 0.3) is 0 Å². The number of carbonyl (C=O) groups is 2. The first-order chi connectivity index (χ1) is 17.2. The minimum atomic E-state index is -3.72. The highest BCUT2D eigenvalue weighted by Gasteiger charge is 2.32. The van der Waals surface area contributed by atoms with Crippen LogP contribution in [0.1, 0.15) is 56.6 Å². The molecule has 1 aliphatic rings. The number of sulfonamides is 1. The third-order valence-corrected chi connectivity index (χ3v) is 7.93. The lowest BCUT2D eigenvalue weighted by Gasteiger charge is -2.34. The van der Waals surface area contributed by atoms with Gasteiger partial charge >= 0.3 is 0 Å². The Labute approximate surface area is 215 Å². The van der Waals surface area contributed by atoms with E-state index in [-0.39, 0.29) is 24.4 Å². The molecule has 1 aliphatic carbocycles. The quantitative estimate of drug-likeness (QED) is 0.491. The van der Waals surface area contributed by atoms with Gasteiger partial charge in [0.1, 0.15) is 12.6 Å². The Bertz CT molecular complexity index is 1110. The molecule has 1 unspecified atom stereocenters. The molecule has 0 saturated heterocycles. The molecule has 1 N–H and O–H groups in total. The van der Waals surface area contributed by atoms with Gasteiger partial charge in [0.2, 0.25) is 21.8 Å². The first kappa shape index (κ1) is 27.7. The fourth-order valence-corrected chi connectivity index (χ4v) is 5.68. The van der Waals surface area contributed by atoms with Gasteiger partial charge in [0, 0.05) is 12.6 Å². The zero-order chi connectivity index (χ0) is 26.1. The number of nitrogens with one attached hydrogen (secondary N) is 1. The van der Waals surface area contributed by atoms with Gasteiger partial charge in [0.05, 0.1) is 11.9 Å². The summed E-state index contributed by atoms with van der Waals surface area (Å²) in [4.78, 5) is 28.6. The fraction of sp³-hybridized carbons (Fsp3) is 0.500. The van der Waals surface area contributed by atoms with E-state index in [4.69, 9.17) is 0 Å². The molecule has 0 aromatic heterocycles. The molecular formula is C28H39N3O4S. The average molecular weight is 514 g/mol. The molecule has 1 atom stereocenters. The zero-order valence-electron chi connectivity index (χ0n) is 21.7. The summed E-state index contributed by atoms with van der Waals surface area (Å²) in [6.07, 6.45) is 7.40. The Morgan fingerprint density at radius 1 is 1.03 bits per heavy atom. The third-order valence-electron chi connectivity index (χ3n) is 6.79. The van der Waals surface area contributed by atoms with E-state index < -0.39 is 16.1 Å². The Hall–Kier alpha value is -2.87. The lowest BCUT2D eigenvalue weighted by Crippen LogP contribution is -2.54. The molecule has 0 aliphatic heterocycles. The van der Waals surface area contributed by atoms with E-state index in [0.717, 1.165) is 47.4 Å². The van der Waals surface area contributed by atoms with Crippen molar-refractivity contribution in [3.05, 3.63) is 65.7 Å². The van der Waals surface area contributed by atoms with Gasteiger partial charge in [-0.15, -0.1) is 0 Å². The first-order valence-corrected chi connectivity index (χ1v) is 14.7. The van der Waals surface area contributed by atoms with E-state index in [1.54, 1.807) is 23.1 Å². The van der Waals surface area contributed by atoms with Gasteiger partial charge in [-0.1, -0.05) is 68.7 Å². The van der Waals surface area contributed by atoms with Crippen LogP contribution in [0.3, 0.4) is 0 Å². The summed E-state index contributed by atoms with van der Waals surface area (Å²) in [6.45, 7) is 3.73. The second-order valence-electron chi connectivity index (χ2n) is 9.70. The number of carbonyl (C=O) groups excluding carboxylic acids is 2. The van der Waals surface area contributed by atoms with Crippen molar-refractivity contribution in [2.45, 2.75) is 70.9 Å². The maximum atomic E-state index is 13.7. The molecule has 1 saturated carbocycles. The highest BCUT2D eigenvalue weighted by atomic mass is 32.2. The number of anilines is 1. The Balaban J connectivity index is 1.85. The Morgan fingerprint density at radius 3 is 2.33 bits per heavy atom. The van der Waals surface area contributed by atoms with Crippen LogP contribution in [-0.4, -0.2) is 56.6 Å². The van der Waals surface area contributed by atoms with Crippen LogP contribution in [0.15, 0.2) is 54.6 Å². The van der Waals surface area contributed by atoms with E-state index in [2.05, 4.69) is 5.32 Å². The molecular weight excluding hydrogens is 474 g/mol. The average Bonchev–Trinajstić information content (AvgIpc) is 2.85. The molecule has 0 spiro atoms. The van der Waals surface area contributed by atoms with E-state index in [0.29, 0.717) is 25.1 Å². The molecule has 0 heterocycles. The molecule has 2 aromatic rings. The molecule has 8 heteroatoms. The van der Waals surface area contributed by atoms with Crippen LogP contribution in [0, 0.1) is 6.92 Å². The van der Waals surface area contributed by atoms with Gasteiger partial charge in [-0.3, -0.25) is 13.9 Å². The van der Waals surface area contributed by atoms with Crippen LogP contribution in [0.5, 0.6) is 0 Å². The van der Waals surface area contributed by atoms with Gasteiger partial charge in [-0.25, -0.2) is 8.42 Å². The number of benzene rings is 2. The van der Waals surface area contributed by atoms with Crippen LogP contribution in [0.4, 0.5) is 5.69 Å². The van der Waals surface area contributed by atoms with Crippen LogP contribution in [0.2, 0.25) is 0 Å². The summed E-state index contributed by atoms with van der Waals surface area (Å²) in [5, 5.41) is 3.16. The minimum absolute atomic E-state index is 0.131. The summed E-state index contributed by atoms with van der Waals surface area (Å²) in [5.74, 6) is -0.546.